The van der Waals surface area contributed by atoms with E-state index in [1.54, 1.807) is 14.2 Å². The highest BCUT2D eigenvalue weighted by Gasteiger charge is 2.14. The van der Waals surface area contributed by atoms with E-state index in [-0.39, 0.29) is 6.61 Å². The zero-order valence-corrected chi connectivity index (χ0v) is 15.8. The van der Waals surface area contributed by atoms with Crippen LogP contribution in [0.15, 0.2) is 48.5 Å². The summed E-state index contributed by atoms with van der Waals surface area (Å²) in [6.07, 6.45) is 0. The van der Waals surface area contributed by atoms with Gasteiger partial charge in [-0.2, -0.15) is 5.10 Å². The first-order valence-corrected chi connectivity index (χ1v) is 8.80. The quantitative estimate of drug-likeness (QED) is 0.659. The van der Waals surface area contributed by atoms with Crippen molar-refractivity contribution in [3.63, 3.8) is 0 Å². The Hall–Kier alpha value is -2.99. The molecular formula is C21H24N2O4. The fourth-order valence-electron chi connectivity index (χ4n) is 2.95. The third kappa shape index (κ3) is 4.23. The molecule has 0 aliphatic rings. The molecule has 2 aromatic carbocycles. The van der Waals surface area contributed by atoms with Crippen LogP contribution < -0.4 is 14.2 Å². The van der Waals surface area contributed by atoms with E-state index in [9.17, 15) is 5.11 Å². The molecule has 1 N–H and O–H groups in total. The van der Waals surface area contributed by atoms with Gasteiger partial charge in [-0.05, 0) is 31.2 Å². The minimum atomic E-state index is -0.131. The Morgan fingerprint density at radius 3 is 2.33 bits per heavy atom. The van der Waals surface area contributed by atoms with Gasteiger partial charge in [0.25, 0.3) is 0 Å². The van der Waals surface area contributed by atoms with Crippen LogP contribution in [0.5, 0.6) is 17.2 Å². The number of benzene rings is 2. The summed E-state index contributed by atoms with van der Waals surface area (Å²) in [5.41, 5.74) is 3.37. The maximum Gasteiger partial charge on any atom is 0.124 e. The summed E-state index contributed by atoms with van der Waals surface area (Å²) in [7, 11) is 3.24. The molecule has 27 heavy (non-hydrogen) atoms. The van der Waals surface area contributed by atoms with E-state index in [0.29, 0.717) is 30.3 Å². The molecule has 0 bridgehead atoms. The highest BCUT2D eigenvalue weighted by atomic mass is 16.5. The number of aliphatic hydroxyl groups excluding tert-OH is 1. The third-order valence-electron chi connectivity index (χ3n) is 4.23. The number of para-hydroxylation sites is 1. The second-order valence-electron chi connectivity index (χ2n) is 5.98. The van der Waals surface area contributed by atoms with Gasteiger partial charge in [0.1, 0.15) is 17.2 Å². The van der Waals surface area contributed by atoms with Gasteiger partial charge in [0.15, 0.2) is 0 Å². The molecule has 0 spiro atoms. The second kappa shape index (κ2) is 8.60. The normalized spacial score (nSPS) is 10.7. The van der Waals surface area contributed by atoms with Gasteiger partial charge in [-0.25, -0.2) is 0 Å². The number of aromatic nitrogens is 2. The van der Waals surface area contributed by atoms with Crippen LogP contribution in [0, 0.1) is 0 Å². The maximum absolute atomic E-state index is 9.58. The minimum Gasteiger partial charge on any atom is -0.497 e. The Labute approximate surface area is 158 Å². The van der Waals surface area contributed by atoms with Crippen molar-refractivity contribution in [3.8, 4) is 28.5 Å². The van der Waals surface area contributed by atoms with Crippen molar-refractivity contribution in [2.45, 2.75) is 20.1 Å². The fraction of sp³-hybridized carbons (Fsp3) is 0.286. The molecule has 0 saturated carbocycles. The van der Waals surface area contributed by atoms with Crippen LogP contribution in [0.3, 0.4) is 0 Å². The van der Waals surface area contributed by atoms with Crippen molar-refractivity contribution in [1.82, 2.24) is 9.78 Å². The molecular weight excluding hydrogens is 344 g/mol. The standard InChI is InChI=1S/C21H24N2O4/c1-4-27-21-8-6-5-7-15(21)13-23-20(11-17(14-24)22-23)16-9-18(25-2)12-19(10-16)26-3/h5-12,24H,4,13-14H2,1-3H3. The lowest BCUT2D eigenvalue weighted by molar-refractivity contribution is 0.275. The van der Waals surface area contributed by atoms with E-state index in [4.69, 9.17) is 14.2 Å². The highest BCUT2D eigenvalue weighted by Crippen LogP contribution is 2.31. The van der Waals surface area contributed by atoms with Gasteiger partial charge in [-0.3, -0.25) is 4.68 Å². The van der Waals surface area contributed by atoms with Crippen LogP contribution in [0.2, 0.25) is 0 Å². The number of hydrogen-bond donors (Lipinski definition) is 1. The summed E-state index contributed by atoms with van der Waals surface area (Å²) in [4.78, 5) is 0. The van der Waals surface area contributed by atoms with Gasteiger partial charge in [0.2, 0.25) is 0 Å². The number of nitrogens with zero attached hydrogens (tertiary/aromatic N) is 2. The summed E-state index contributed by atoms with van der Waals surface area (Å²) in [5.74, 6) is 2.21. The van der Waals surface area contributed by atoms with Gasteiger partial charge < -0.3 is 19.3 Å². The van der Waals surface area contributed by atoms with E-state index in [1.807, 2.05) is 60.1 Å². The monoisotopic (exact) mass is 368 g/mol. The summed E-state index contributed by atoms with van der Waals surface area (Å²) < 4.78 is 18.4. The smallest absolute Gasteiger partial charge is 0.124 e. The summed E-state index contributed by atoms with van der Waals surface area (Å²) in [5, 5.41) is 14.1. The van der Waals surface area contributed by atoms with Gasteiger partial charge in [0.05, 0.1) is 45.4 Å². The van der Waals surface area contributed by atoms with Crippen LogP contribution in [0.1, 0.15) is 18.2 Å². The number of methoxy groups -OCH3 is 2. The molecule has 3 aromatic rings. The average molecular weight is 368 g/mol. The Balaban J connectivity index is 2.05. The minimum absolute atomic E-state index is 0.131. The SMILES string of the molecule is CCOc1ccccc1Cn1nc(CO)cc1-c1cc(OC)cc(OC)c1. The van der Waals surface area contributed by atoms with Crippen LogP contribution in [-0.4, -0.2) is 35.7 Å². The number of rotatable bonds is 8. The van der Waals surface area contributed by atoms with Crippen molar-refractivity contribution in [2.75, 3.05) is 20.8 Å². The number of aliphatic hydroxyl groups is 1. The largest absolute Gasteiger partial charge is 0.497 e. The molecule has 0 radical (unpaired) electrons. The Morgan fingerprint density at radius 1 is 1.00 bits per heavy atom. The third-order valence-corrected chi connectivity index (χ3v) is 4.23. The molecule has 1 aromatic heterocycles. The molecule has 3 rings (SSSR count). The Kier molecular flexibility index (Phi) is 5.98. The zero-order chi connectivity index (χ0) is 19.2. The van der Waals surface area contributed by atoms with Crippen LogP contribution >= 0.6 is 0 Å². The molecule has 0 unspecified atom stereocenters. The van der Waals surface area contributed by atoms with Crippen molar-refractivity contribution in [3.05, 3.63) is 59.8 Å². The first-order chi connectivity index (χ1) is 13.2. The molecule has 6 heteroatoms. The lowest BCUT2D eigenvalue weighted by atomic mass is 10.1. The highest BCUT2D eigenvalue weighted by molar-refractivity contribution is 5.65. The second-order valence-corrected chi connectivity index (χ2v) is 5.98. The lowest BCUT2D eigenvalue weighted by Gasteiger charge is -2.13. The lowest BCUT2D eigenvalue weighted by Crippen LogP contribution is -2.07. The van der Waals surface area contributed by atoms with Gasteiger partial charge in [-0.1, -0.05) is 18.2 Å². The first kappa shape index (κ1) is 18.8. The number of hydrogen-bond acceptors (Lipinski definition) is 5. The Bertz CT molecular complexity index is 883. The van der Waals surface area contributed by atoms with Crippen LogP contribution in [-0.2, 0) is 13.2 Å². The van der Waals surface area contributed by atoms with Gasteiger partial charge in [-0.15, -0.1) is 0 Å². The van der Waals surface area contributed by atoms with E-state index < -0.39 is 0 Å². The van der Waals surface area contributed by atoms with Crippen molar-refractivity contribution in [1.29, 1.82) is 0 Å². The predicted molar refractivity (Wildman–Crippen MR) is 103 cm³/mol. The van der Waals surface area contributed by atoms with Crippen molar-refractivity contribution >= 4 is 0 Å². The molecule has 6 nitrogen and oxygen atoms in total. The fourth-order valence-corrected chi connectivity index (χ4v) is 2.95. The van der Waals surface area contributed by atoms with Crippen LogP contribution in [0.25, 0.3) is 11.3 Å². The molecule has 142 valence electrons. The predicted octanol–water partition coefficient (Wildman–Crippen LogP) is 3.51. The molecule has 0 fully saturated rings. The van der Waals surface area contributed by atoms with E-state index in [0.717, 1.165) is 22.6 Å². The molecule has 0 saturated heterocycles. The van der Waals surface area contributed by atoms with Gasteiger partial charge in [0, 0.05) is 17.2 Å². The Morgan fingerprint density at radius 2 is 1.70 bits per heavy atom. The summed E-state index contributed by atoms with van der Waals surface area (Å²) >= 11 is 0. The molecule has 0 atom stereocenters. The summed E-state index contributed by atoms with van der Waals surface area (Å²) in [6.45, 7) is 2.94. The number of ether oxygens (including phenoxy) is 3. The zero-order valence-electron chi connectivity index (χ0n) is 15.8. The molecule has 0 aliphatic carbocycles. The molecule has 1 heterocycles. The van der Waals surface area contributed by atoms with E-state index in [2.05, 4.69) is 5.10 Å². The average Bonchev–Trinajstić information content (AvgIpc) is 3.12. The molecule has 0 amide bonds. The maximum atomic E-state index is 9.58. The van der Waals surface area contributed by atoms with Crippen LogP contribution in [0.4, 0.5) is 0 Å². The van der Waals surface area contributed by atoms with Gasteiger partial charge >= 0.3 is 0 Å². The molecule has 0 aliphatic heterocycles. The summed E-state index contributed by atoms with van der Waals surface area (Å²) in [6, 6.07) is 15.4. The van der Waals surface area contributed by atoms with E-state index in [1.165, 1.54) is 0 Å². The van der Waals surface area contributed by atoms with Crippen molar-refractivity contribution < 1.29 is 19.3 Å². The van der Waals surface area contributed by atoms with Crippen molar-refractivity contribution in [2.24, 2.45) is 0 Å². The first-order valence-electron chi connectivity index (χ1n) is 8.80. The topological polar surface area (TPSA) is 65.7 Å². The van der Waals surface area contributed by atoms with E-state index >= 15 is 0 Å².